The van der Waals surface area contributed by atoms with Crippen LogP contribution in [0, 0.1) is 25.5 Å². The van der Waals surface area contributed by atoms with Gasteiger partial charge in [0.25, 0.3) is 0 Å². The Bertz CT molecular complexity index is 1330. The fourth-order valence-corrected chi connectivity index (χ4v) is 4.62. The van der Waals surface area contributed by atoms with Crippen LogP contribution in [0.2, 0.25) is 0 Å². The highest BCUT2D eigenvalue weighted by atomic mass is 19.1. The lowest BCUT2D eigenvalue weighted by atomic mass is 9.92. The number of nitrogens with one attached hydrogen (secondary N) is 2. The van der Waals surface area contributed by atoms with Crippen LogP contribution < -0.4 is 5.32 Å². The predicted octanol–water partition coefficient (Wildman–Crippen LogP) is 5.64. The Kier molecular flexibility index (Phi) is 4.89. The number of benzene rings is 2. The summed E-state index contributed by atoms with van der Waals surface area (Å²) in [5, 5.41) is 3.86. The molecule has 0 radical (unpaired) electrons. The number of nitrogens with zero attached hydrogens (tertiary/aromatic N) is 2. The molecule has 1 unspecified atom stereocenters. The second-order valence-electron chi connectivity index (χ2n) is 8.24. The zero-order valence-electron chi connectivity index (χ0n) is 17.7. The van der Waals surface area contributed by atoms with Gasteiger partial charge in [-0.05, 0) is 79.4 Å². The van der Waals surface area contributed by atoms with Crippen molar-refractivity contribution < 1.29 is 13.6 Å². The highest BCUT2D eigenvalue weighted by Crippen LogP contribution is 2.39. The Balaban J connectivity index is 1.61. The number of hydrogen-bond donors (Lipinski definition) is 2. The Hall–Kier alpha value is -3.74. The summed E-state index contributed by atoms with van der Waals surface area (Å²) in [6.07, 6.45) is 2.25. The third kappa shape index (κ3) is 3.49. The molecule has 1 atom stereocenters. The van der Waals surface area contributed by atoms with Gasteiger partial charge >= 0.3 is 6.03 Å². The Labute approximate surface area is 184 Å². The molecule has 4 aromatic rings. The highest BCUT2D eigenvalue weighted by Gasteiger charge is 2.36. The Morgan fingerprint density at radius 1 is 1.12 bits per heavy atom. The van der Waals surface area contributed by atoms with Crippen LogP contribution in [0.5, 0.6) is 0 Å². The molecule has 2 aromatic heterocycles. The largest absolute Gasteiger partial charge is 0.341 e. The topological polar surface area (TPSA) is 61.0 Å². The van der Waals surface area contributed by atoms with Crippen molar-refractivity contribution >= 4 is 22.8 Å². The van der Waals surface area contributed by atoms with Gasteiger partial charge in [0.2, 0.25) is 0 Å². The van der Waals surface area contributed by atoms with Gasteiger partial charge in [-0.1, -0.05) is 6.07 Å². The number of amides is 2. The lowest BCUT2D eigenvalue weighted by molar-refractivity contribution is 0.191. The maximum atomic E-state index is 14.9. The molecule has 0 fully saturated rings. The number of carbonyl (C=O) groups excluding carboxylic acids is 1. The van der Waals surface area contributed by atoms with Crippen molar-refractivity contribution in [2.75, 3.05) is 11.9 Å². The van der Waals surface area contributed by atoms with E-state index in [-0.39, 0.29) is 11.6 Å². The lowest BCUT2D eigenvalue weighted by Gasteiger charge is -2.36. The smallest absolute Gasteiger partial charge is 0.322 e. The summed E-state index contributed by atoms with van der Waals surface area (Å²) in [6.45, 7) is 4.27. The van der Waals surface area contributed by atoms with E-state index in [4.69, 9.17) is 0 Å². The minimum atomic E-state index is -0.811. The number of carbonyl (C=O) groups is 1. The number of hydrogen-bond acceptors (Lipinski definition) is 2. The van der Waals surface area contributed by atoms with Gasteiger partial charge in [0, 0.05) is 35.1 Å². The van der Waals surface area contributed by atoms with Crippen LogP contribution in [-0.4, -0.2) is 27.4 Å². The van der Waals surface area contributed by atoms with Crippen molar-refractivity contribution in [1.82, 2.24) is 14.9 Å². The normalized spacial score (nSPS) is 15.6. The van der Waals surface area contributed by atoms with Crippen LogP contribution in [-0.2, 0) is 6.42 Å². The summed E-state index contributed by atoms with van der Waals surface area (Å²) in [7, 11) is 0. The second-order valence-corrected chi connectivity index (χ2v) is 8.24. The summed E-state index contributed by atoms with van der Waals surface area (Å²) in [5.74, 6) is -1.13. The van der Waals surface area contributed by atoms with E-state index < -0.39 is 17.7 Å². The second kappa shape index (κ2) is 7.75. The summed E-state index contributed by atoms with van der Waals surface area (Å²) >= 11 is 0. The molecule has 0 spiro atoms. The summed E-state index contributed by atoms with van der Waals surface area (Å²) < 4.78 is 29.1. The molecule has 3 heterocycles. The fourth-order valence-electron chi connectivity index (χ4n) is 4.62. The van der Waals surface area contributed by atoms with Gasteiger partial charge in [0.15, 0.2) is 0 Å². The van der Waals surface area contributed by atoms with Crippen LogP contribution in [0.1, 0.15) is 34.0 Å². The van der Waals surface area contributed by atoms with E-state index in [0.717, 1.165) is 40.3 Å². The lowest BCUT2D eigenvalue weighted by Crippen LogP contribution is -2.43. The molecule has 0 saturated heterocycles. The van der Waals surface area contributed by atoms with E-state index in [9.17, 15) is 13.6 Å². The van der Waals surface area contributed by atoms with E-state index >= 15 is 0 Å². The number of aryl methyl sites for hydroxylation is 2. The molecule has 1 aliphatic rings. The maximum Gasteiger partial charge on any atom is 0.322 e. The highest BCUT2D eigenvalue weighted by molar-refractivity contribution is 5.91. The first-order valence-electron chi connectivity index (χ1n) is 10.5. The molecule has 162 valence electrons. The van der Waals surface area contributed by atoms with Crippen molar-refractivity contribution in [2.24, 2.45) is 0 Å². The molecule has 2 amide bonds. The molecule has 7 heteroatoms. The molecule has 0 aliphatic carbocycles. The molecule has 5 rings (SSSR count). The van der Waals surface area contributed by atoms with Crippen LogP contribution in [0.25, 0.3) is 11.0 Å². The molecule has 32 heavy (non-hydrogen) atoms. The first kappa shape index (κ1) is 20.2. The van der Waals surface area contributed by atoms with Gasteiger partial charge in [-0.25, -0.2) is 18.6 Å². The van der Waals surface area contributed by atoms with Crippen LogP contribution in [0.3, 0.4) is 0 Å². The number of urea groups is 1. The first-order valence-corrected chi connectivity index (χ1v) is 10.5. The number of pyridine rings is 1. The number of H-pyrrole nitrogens is 1. The average molecular weight is 432 g/mol. The van der Waals surface area contributed by atoms with Gasteiger partial charge in [-0.2, -0.15) is 0 Å². The third-order valence-corrected chi connectivity index (χ3v) is 5.89. The predicted molar refractivity (Wildman–Crippen MR) is 120 cm³/mol. The molecule has 0 bridgehead atoms. The third-order valence-electron chi connectivity index (χ3n) is 5.89. The zero-order valence-corrected chi connectivity index (χ0v) is 17.7. The van der Waals surface area contributed by atoms with E-state index in [2.05, 4.69) is 15.3 Å². The molecule has 2 aromatic carbocycles. The SMILES string of the molecule is Cc1cc(C)cc(NC(=O)N2CCc3c([nH]c4ncccc34)C2c2cc(F)ccc2F)c1. The van der Waals surface area contributed by atoms with E-state index in [0.29, 0.717) is 30.0 Å². The standard InChI is InChI=1S/C25H22F2N4O/c1-14-10-15(2)12-17(11-14)29-25(32)31-9-7-18-19-4-3-8-28-24(19)30-22(18)23(31)20-13-16(26)5-6-21(20)27/h3-6,8,10-13,23H,7,9H2,1-2H3,(H,28,30)(H,29,32). The van der Waals surface area contributed by atoms with Gasteiger partial charge in [-0.15, -0.1) is 0 Å². The molecule has 1 aliphatic heterocycles. The first-order chi connectivity index (χ1) is 15.4. The maximum absolute atomic E-state index is 14.9. The van der Waals surface area contributed by atoms with Crippen molar-refractivity contribution in [2.45, 2.75) is 26.3 Å². The van der Waals surface area contributed by atoms with E-state index in [1.54, 1.807) is 11.1 Å². The van der Waals surface area contributed by atoms with Gasteiger partial charge in [0.1, 0.15) is 23.3 Å². The number of fused-ring (bicyclic) bond motifs is 3. The van der Waals surface area contributed by atoms with Gasteiger partial charge in [-0.3, -0.25) is 0 Å². The molecule has 0 saturated carbocycles. The average Bonchev–Trinajstić information content (AvgIpc) is 3.13. The monoisotopic (exact) mass is 432 g/mol. The van der Waals surface area contributed by atoms with Gasteiger partial charge in [0.05, 0.1) is 0 Å². The Morgan fingerprint density at radius 3 is 2.69 bits per heavy atom. The van der Waals surface area contributed by atoms with Gasteiger partial charge < -0.3 is 15.2 Å². The van der Waals surface area contributed by atoms with Crippen molar-refractivity contribution in [3.63, 3.8) is 0 Å². The number of halogens is 2. The fraction of sp³-hybridized carbons (Fsp3) is 0.200. The minimum absolute atomic E-state index is 0.105. The molecule has 5 nitrogen and oxygen atoms in total. The molecule has 2 N–H and O–H groups in total. The number of aromatic nitrogens is 2. The zero-order chi connectivity index (χ0) is 22.4. The van der Waals surface area contributed by atoms with E-state index in [1.807, 2.05) is 44.2 Å². The van der Waals surface area contributed by atoms with Crippen LogP contribution in [0.4, 0.5) is 19.3 Å². The quantitative estimate of drug-likeness (QED) is 0.431. The Morgan fingerprint density at radius 2 is 1.91 bits per heavy atom. The van der Waals surface area contributed by atoms with Crippen molar-refractivity contribution in [3.05, 3.63) is 94.3 Å². The van der Waals surface area contributed by atoms with Crippen LogP contribution >= 0.6 is 0 Å². The van der Waals surface area contributed by atoms with E-state index in [1.165, 1.54) is 0 Å². The number of anilines is 1. The van der Waals surface area contributed by atoms with Crippen molar-refractivity contribution in [3.8, 4) is 0 Å². The molecular weight excluding hydrogens is 410 g/mol. The number of aromatic amines is 1. The summed E-state index contributed by atoms with van der Waals surface area (Å²) in [6, 6.07) is 11.7. The summed E-state index contributed by atoms with van der Waals surface area (Å²) in [4.78, 5) is 22.5. The van der Waals surface area contributed by atoms with Crippen LogP contribution in [0.15, 0.2) is 54.7 Å². The molecular formula is C25H22F2N4O. The minimum Gasteiger partial charge on any atom is -0.341 e. The number of rotatable bonds is 2. The van der Waals surface area contributed by atoms with Crippen molar-refractivity contribution in [1.29, 1.82) is 0 Å². The summed E-state index contributed by atoms with van der Waals surface area (Å²) in [5.41, 5.74) is 5.10.